The monoisotopic (exact) mass is 484 g/mol. The van der Waals surface area contributed by atoms with Gasteiger partial charge in [0.05, 0.1) is 19.8 Å². The van der Waals surface area contributed by atoms with E-state index in [0.717, 1.165) is 5.56 Å². The smallest absolute Gasteiger partial charge is 0.387 e. The van der Waals surface area contributed by atoms with Crippen LogP contribution in [0.3, 0.4) is 0 Å². The second-order valence-electron chi connectivity index (χ2n) is 8.29. The number of alkyl halides is 2. The molecular formula is C25H26F2N4O4. The Bertz CT molecular complexity index is 1370. The minimum Gasteiger partial charge on any atom is -0.493 e. The molecule has 0 fully saturated rings. The first-order valence-corrected chi connectivity index (χ1v) is 11.1. The summed E-state index contributed by atoms with van der Waals surface area (Å²) in [6.07, 6.45) is -0.481. The Labute approximate surface area is 200 Å². The number of benzene rings is 2. The van der Waals surface area contributed by atoms with E-state index >= 15 is 0 Å². The van der Waals surface area contributed by atoms with Gasteiger partial charge in [-0.2, -0.15) is 8.78 Å². The van der Waals surface area contributed by atoms with E-state index in [1.807, 2.05) is 37.3 Å². The quantitative estimate of drug-likeness (QED) is 0.374. The summed E-state index contributed by atoms with van der Waals surface area (Å²) < 4.78 is 36.6. The van der Waals surface area contributed by atoms with Crippen molar-refractivity contribution in [2.45, 2.75) is 45.4 Å². The van der Waals surface area contributed by atoms with Gasteiger partial charge in [-0.05, 0) is 30.2 Å². The van der Waals surface area contributed by atoms with Crippen molar-refractivity contribution in [1.82, 2.24) is 19.5 Å². The molecule has 2 N–H and O–H groups in total. The average molecular weight is 485 g/mol. The maximum Gasteiger partial charge on any atom is 0.387 e. The molecule has 10 heteroatoms. The largest absolute Gasteiger partial charge is 0.493 e. The van der Waals surface area contributed by atoms with Crippen LogP contribution in [0.25, 0.3) is 11.2 Å². The Kier molecular flexibility index (Phi) is 7.11. The summed E-state index contributed by atoms with van der Waals surface area (Å²) in [5, 5.41) is 10.1. The summed E-state index contributed by atoms with van der Waals surface area (Å²) in [6.45, 7) is 0.884. The number of nitrogens with zero attached hydrogens (tertiary/aromatic N) is 3. The molecule has 0 aliphatic carbocycles. The first-order valence-electron chi connectivity index (χ1n) is 11.1. The van der Waals surface area contributed by atoms with Crippen LogP contribution in [-0.2, 0) is 13.0 Å². The lowest BCUT2D eigenvalue weighted by Gasteiger charge is -2.16. The number of hydrogen-bond donors (Lipinski definition) is 2. The van der Waals surface area contributed by atoms with Crippen molar-refractivity contribution in [2.24, 2.45) is 0 Å². The van der Waals surface area contributed by atoms with Crippen LogP contribution >= 0.6 is 0 Å². The Hall–Kier alpha value is -3.79. The summed E-state index contributed by atoms with van der Waals surface area (Å²) >= 11 is 0. The van der Waals surface area contributed by atoms with E-state index in [9.17, 15) is 18.7 Å². The van der Waals surface area contributed by atoms with Gasteiger partial charge in [-0.25, -0.2) is 9.97 Å². The third-order valence-electron chi connectivity index (χ3n) is 5.63. The minimum absolute atomic E-state index is 0.0855. The maximum absolute atomic E-state index is 12.9. The zero-order valence-corrected chi connectivity index (χ0v) is 19.5. The summed E-state index contributed by atoms with van der Waals surface area (Å²) in [5.41, 5.74) is 1.84. The number of hydrogen-bond acceptors (Lipinski definition) is 6. The molecule has 2 atom stereocenters. The average Bonchev–Trinajstić information content (AvgIpc) is 3.18. The standard InChI is InChI=1S/C25H26F2N4O4/c1-14(32)13-31-22(15(2)17-7-5-4-6-8-17)30-21-23(31)28-20(29-24(21)33)12-16-9-10-18(35-25(26)27)19(11-16)34-3/h4-11,14-15,25,32H,12-13H2,1-3H3,(H,28,29,33). The van der Waals surface area contributed by atoms with Crippen molar-refractivity contribution in [3.63, 3.8) is 0 Å². The molecule has 4 aromatic rings. The van der Waals surface area contributed by atoms with Crippen molar-refractivity contribution in [2.75, 3.05) is 7.11 Å². The fraction of sp³-hybridized carbons (Fsp3) is 0.320. The van der Waals surface area contributed by atoms with Crippen LogP contribution in [0.5, 0.6) is 11.5 Å². The topological polar surface area (TPSA) is 102 Å². The van der Waals surface area contributed by atoms with E-state index in [1.54, 1.807) is 23.6 Å². The van der Waals surface area contributed by atoms with E-state index in [-0.39, 0.29) is 35.9 Å². The third kappa shape index (κ3) is 5.32. The van der Waals surface area contributed by atoms with Crippen LogP contribution in [-0.4, -0.2) is 44.5 Å². The molecule has 0 aliphatic heterocycles. The second kappa shape index (κ2) is 10.2. The van der Waals surface area contributed by atoms with Crippen molar-refractivity contribution < 1.29 is 23.4 Å². The van der Waals surface area contributed by atoms with E-state index in [0.29, 0.717) is 22.9 Å². The third-order valence-corrected chi connectivity index (χ3v) is 5.63. The van der Waals surface area contributed by atoms with Gasteiger partial charge in [-0.15, -0.1) is 0 Å². The Morgan fingerprint density at radius 3 is 2.49 bits per heavy atom. The van der Waals surface area contributed by atoms with Gasteiger partial charge in [-0.3, -0.25) is 4.79 Å². The van der Waals surface area contributed by atoms with Crippen LogP contribution in [0.1, 0.15) is 42.5 Å². The molecule has 8 nitrogen and oxygen atoms in total. The van der Waals surface area contributed by atoms with Crippen molar-refractivity contribution >= 4 is 11.2 Å². The number of rotatable bonds is 9. The second-order valence-corrected chi connectivity index (χ2v) is 8.29. The summed E-state index contributed by atoms with van der Waals surface area (Å²) in [5.74, 6) is 0.899. The highest BCUT2D eigenvalue weighted by atomic mass is 19.3. The van der Waals surface area contributed by atoms with Gasteiger partial charge < -0.3 is 24.1 Å². The molecule has 0 saturated carbocycles. The van der Waals surface area contributed by atoms with Crippen LogP contribution < -0.4 is 15.0 Å². The number of halogens is 2. The molecule has 4 rings (SSSR count). The zero-order valence-electron chi connectivity index (χ0n) is 19.5. The Morgan fingerprint density at radius 2 is 1.83 bits per heavy atom. The first-order chi connectivity index (χ1) is 16.8. The number of ether oxygens (including phenoxy) is 2. The number of imidazole rings is 1. The van der Waals surface area contributed by atoms with Gasteiger partial charge in [0, 0.05) is 12.3 Å². The van der Waals surface area contributed by atoms with E-state index in [1.165, 1.54) is 13.2 Å². The van der Waals surface area contributed by atoms with Gasteiger partial charge in [-0.1, -0.05) is 43.3 Å². The molecule has 35 heavy (non-hydrogen) atoms. The van der Waals surface area contributed by atoms with Crippen molar-refractivity contribution in [1.29, 1.82) is 0 Å². The fourth-order valence-electron chi connectivity index (χ4n) is 4.03. The number of aromatic nitrogens is 4. The number of methoxy groups -OCH3 is 1. The molecule has 2 aromatic heterocycles. The molecule has 2 aromatic carbocycles. The SMILES string of the molecule is COc1cc(Cc2nc3c(nc(C(C)c4ccccc4)n3CC(C)O)c(=O)[nH]2)ccc1OC(F)F. The number of aliphatic hydroxyl groups excluding tert-OH is 1. The number of H-pyrrole nitrogens is 1. The number of fused-ring (bicyclic) bond motifs is 1. The highest BCUT2D eigenvalue weighted by Crippen LogP contribution is 2.30. The lowest BCUT2D eigenvalue weighted by molar-refractivity contribution is -0.0512. The molecule has 0 radical (unpaired) electrons. The number of aromatic amines is 1. The lowest BCUT2D eigenvalue weighted by Crippen LogP contribution is -2.18. The van der Waals surface area contributed by atoms with Crippen LogP contribution in [0, 0.1) is 0 Å². The predicted molar refractivity (Wildman–Crippen MR) is 126 cm³/mol. The molecule has 2 unspecified atom stereocenters. The molecule has 184 valence electrons. The normalized spacial score (nSPS) is 13.2. The molecule has 0 spiro atoms. The molecular weight excluding hydrogens is 458 g/mol. The van der Waals surface area contributed by atoms with E-state index in [2.05, 4.69) is 19.7 Å². The molecule has 0 bridgehead atoms. The Balaban J connectivity index is 1.75. The van der Waals surface area contributed by atoms with E-state index < -0.39 is 18.3 Å². The van der Waals surface area contributed by atoms with Gasteiger partial charge in [0.2, 0.25) is 0 Å². The molecule has 2 heterocycles. The molecule has 0 saturated heterocycles. The maximum atomic E-state index is 12.9. The zero-order chi connectivity index (χ0) is 25.1. The number of aliphatic hydroxyl groups is 1. The van der Waals surface area contributed by atoms with Crippen LogP contribution in [0.2, 0.25) is 0 Å². The van der Waals surface area contributed by atoms with Gasteiger partial charge >= 0.3 is 6.61 Å². The lowest BCUT2D eigenvalue weighted by atomic mass is 10.0. The summed E-state index contributed by atoms with van der Waals surface area (Å²) in [7, 11) is 1.35. The van der Waals surface area contributed by atoms with Gasteiger partial charge in [0.15, 0.2) is 22.7 Å². The molecule has 0 amide bonds. The predicted octanol–water partition coefficient (Wildman–Crippen LogP) is 3.85. The van der Waals surface area contributed by atoms with Gasteiger partial charge in [0.25, 0.3) is 5.56 Å². The minimum atomic E-state index is -2.98. The fourth-order valence-corrected chi connectivity index (χ4v) is 4.03. The Morgan fingerprint density at radius 1 is 1.09 bits per heavy atom. The van der Waals surface area contributed by atoms with Gasteiger partial charge in [0.1, 0.15) is 11.6 Å². The molecule has 0 aliphatic rings. The number of nitrogens with one attached hydrogen (secondary N) is 1. The van der Waals surface area contributed by atoms with Crippen LogP contribution in [0.15, 0.2) is 53.3 Å². The summed E-state index contributed by atoms with van der Waals surface area (Å²) in [4.78, 5) is 24.9. The van der Waals surface area contributed by atoms with Crippen molar-refractivity contribution in [3.05, 3.63) is 81.7 Å². The highest BCUT2D eigenvalue weighted by Gasteiger charge is 2.22. The highest BCUT2D eigenvalue weighted by molar-refractivity contribution is 5.71. The van der Waals surface area contributed by atoms with Crippen LogP contribution in [0.4, 0.5) is 8.78 Å². The summed E-state index contributed by atoms with van der Waals surface area (Å²) in [6, 6.07) is 14.3. The van der Waals surface area contributed by atoms with Crippen molar-refractivity contribution in [3.8, 4) is 11.5 Å². The first kappa shape index (κ1) is 24.3. The van der Waals surface area contributed by atoms with E-state index in [4.69, 9.17) is 4.74 Å².